The molecule has 1 aromatic heterocycles. The predicted octanol–water partition coefficient (Wildman–Crippen LogP) is 3.07. The molecule has 5 nitrogen and oxygen atoms in total. The molecular formula is C11H9Cl3N2O3. The monoisotopic (exact) mass is 322 g/mol. The summed E-state index contributed by atoms with van der Waals surface area (Å²) >= 11 is 17.8. The second-order valence-corrected chi connectivity index (χ2v) is 4.79. The zero-order valence-electron chi connectivity index (χ0n) is 9.77. The van der Waals surface area contributed by atoms with Crippen LogP contribution in [0.1, 0.15) is 18.6 Å². The molecule has 2 atom stereocenters. The maximum Gasteiger partial charge on any atom is 0.335 e. The first-order chi connectivity index (χ1) is 9.04. The fourth-order valence-electron chi connectivity index (χ4n) is 1.68. The Morgan fingerprint density at radius 2 is 2.21 bits per heavy atom. The second-order valence-electron chi connectivity index (χ2n) is 3.64. The number of ether oxygens (including phenoxy) is 2. The number of nitrogens with zero attached hydrogens (tertiary/aromatic N) is 2. The van der Waals surface area contributed by atoms with Crippen molar-refractivity contribution in [2.45, 2.75) is 19.1 Å². The maximum absolute atomic E-state index is 11.8. The SMILES string of the molecule is CCOC(=O)[C@H]1N=CO[C@@H]1c1c(Cl)cc(Cl)nc1Cl. The molecule has 0 N–H and O–H groups in total. The number of hydrogen-bond donors (Lipinski definition) is 0. The molecule has 2 rings (SSSR count). The molecule has 0 bridgehead atoms. The van der Waals surface area contributed by atoms with Gasteiger partial charge in [0.15, 0.2) is 18.5 Å². The Bertz CT molecular complexity index is 513. The van der Waals surface area contributed by atoms with Crippen LogP contribution in [0.25, 0.3) is 0 Å². The lowest BCUT2D eigenvalue weighted by Gasteiger charge is -2.18. The molecule has 2 heterocycles. The number of aromatic nitrogens is 1. The molecule has 1 aliphatic heterocycles. The molecule has 0 spiro atoms. The van der Waals surface area contributed by atoms with Gasteiger partial charge in [-0.15, -0.1) is 0 Å². The fourth-order valence-corrected chi connectivity index (χ4v) is 2.62. The minimum Gasteiger partial charge on any atom is -0.473 e. The molecule has 0 fully saturated rings. The molecule has 0 radical (unpaired) electrons. The van der Waals surface area contributed by atoms with Gasteiger partial charge in [-0.05, 0) is 13.0 Å². The van der Waals surface area contributed by atoms with Crippen molar-refractivity contribution in [2.75, 3.05) is 6.61 Å². The molecule has 102 valence electrons. The molecule has 0 saturated carbocycles. The third-order valence-corrected chi connectivity index (χ3v) is 3.25. The van der Waals surface area contributed by atoms with Gasteiger partial charge in [0, 0.05) is 0 Å². The first-order valence-electron chi connectivity index (χ1n) is 5.39. The Balaban J connectivity index is 2.34. The van der Waals surface area contributed by atoms with Crippen LogP contribution in [0.2, 0.25) is 15.3 Å². The van der Waals surface area contributed by atoms with Crippen molar-refractivity contribution in [3.8, 4) is 0 Å². The van der Waals surface area contributed by atoms with Crippen molar-refractivity contribution in [3.05, 3.63) is 27.0 Å². The van der Waals surface area contributed by atoms with Crippen molar-refractivity contribution in [1.29, 1.82) is 0 Å². The molecule has 19 heavy (non-hydrogen) atoms. The summed E-state index contributed by atoms with van der Waals surface area (Å²) < 4.78 is 10.2. The zero-order chi connectivity index (χ0) is 14.0. The molecule has 0 aliphatic carbocycles. The van der Waals surface area contributed by atoms with Gasteiger partial charge in [0.2, 0.25) is 0 Å². The summed E-state index contributed by atoms with van der Waals surface area (Å²) in [5.41, 5.74) is 0.364. The zero-order valence-corrected chi connectivity index (χ0v) is 12.0. The Kier molecular flexibility index (Phi) is 4.50. The number of halogens is 3. The smallest absolute Gasteiger partial charge is 0.335 e. The van der Waals surface area contributed by atoms with E-state index in [2.05, 4.69) is 9.98 Å². The van der Waals surface area contributed by atoms with Crippen molar-refractivity contribution < 1.29 is 14.3 Å². The Morgan fingerprint density at radius 3 is 2.84 bits per heavy atom. The summed E-state index contributed by atoms with van der Waals surface area (Å²) in [4.78, 5) is 19.6. The summed E-state index contributed by atoms with van der Waals surface area (Å²) in [5, 5.41) is 0.488. The van der Waals surface area contributed by atoms with Gasteiger partial charge >= 0.3 is 5.97 Å². The lowest BCUT2D eigenvalue weighted by Crippen LogP contribution is -2.26. The number of rotatable bonds is 3. The molecule has 0 aromatic carbocycles. The highest BCUT2D eigenvalue weighted by Gasteiger charge is 2.38. The van der Waals surface area contributed by atoms with E-state index in [1.807, 2.05) is 0 Å². The van der Waals surface area contributed by atoms with Gasteiger partial charge in [0.05, 0.1) is 17.2 Å². The van der Waals surface area contributed by atoms with Crippen LogP contribution in [0.3, 0.4) is 0 Å². The number of pyridine rings is 1. The maximum atomic E-state index is 11.8. The number of carbonyl (C=O) groups excluding carboxylic acids is 1. The van der Waals surface area contributed by atoms with Crippen LogP contribution in [0.15, 0.2) is 11.1 Å². The van der Waals surface area contributed by atoms with Crippen molar-refractivity contribution in [1.82, 2.24) is 4.98 Å². The quantitative estimate of drug-likeness (QED) is 0.633. The summed E-state index contributed by atoms with van der Waals surface area (Å²) in [7, 11) is 0. The molecular weight excluding hydrogens is 314 g/mol. The highest BCUT2D eigenvalue weighted by atomic mass is 35.5. The third kappa shape index (κ3) is 2.94. The third-order valence-electron chi connectivity index (χ3n) is 2.46. The van der Waals surface area contributed by atoms with E-state index in [1.165, 1.54) is 12.5 Å². The van der Waals surface area contributed by atoms with E-state index >= 15 is 0 Å². The van der Waals surface area contributed by atoms with E-state index in [4.69, 9.17) is 44.3 Å². The number of hydrogen-bond acceptors (Lipinski definition) is 5. The Labute approximate surface area is 124 Å². The molecule has 8 heteroatoms. The number of carbonyl (C=O) groups is 1. The average molecular weight is 324 g/mol. The van der Waals surface area contributed by atoms with Crippen LogP contribution < -0.4 is 0 Å². The van der Waals surface area contributed by atoms with Gasteiger partial charge in [-0.2, -0.15) is 0 Å². The van der Waals surface area contributed by atoms with E-state index in [0.717, 1.165) is 0 Å². The molecule has 0 unspecified atom stereocenters. The number of esters is 1. The highest BCUT2D eigenvalue weighted by molar-refractivity contribution is 6.37. The van der Waals surface area contributed by atoms with Crippen molar-refractivity contribution in [2.24, 2.45) is 4.99 Å². The van der Waals surface area contributed by atoms with Crippen LogP contribution in [-0.4, -0.2) is 30.0 Å². The van der Waals surface area contributed by atoms with Crippen LogP contribution in [0, 0.1) is 0 Å². The summed E-state index contributed by atoms with van der Waals surface area (Å²) in [6, 6.07) is 0.576. The minimum absolute atomic E-state index is 0.0716. The normalized spacial score (nSPS) is 21.3. The van der Waals surface area contributed by atoms with Crippen molar-refractivity contribution >= 4 is 47.2 Å². The largest absolute Gasteiger partial charge is 0.473 e. The van der Waals surface area contributed by atoms with Crippen molar-refractivity contribution in [3.63, 3.8) is 0 Å². The Hall–Kier alpha value is -1.04. The predicted molar refractivity (Wildman–Crippen MR) is 72.0 cm³/mol. The lowest BCUT2D eigenvalue weighted by atomic mass is 10.1. The van der Waals surface area contributed by atoms with E-state index in [9.17, 15) is 4.79 Å². The lowest BCUT2D eigenvalue weighted by molar-refractivity contribution is -0.146. The van der Waals surface area contributed by atoms with E-state index in [0.29, 0.717) is 5.56 Å². The average Bonchev–Trinajstić information content (AvgIpc) is 2.77. The summed E-state index contributed by atoms with van der Waals surface area (Å²) in [6.45, 7) is 1.95. The molecule has 1 aliphatic rings. The topological polar surface area (TPSA) is 60.8 Å². The van der Waals surface area contributed by atoms with Crippen LogP contribution in [0.4, 0.5) is 0 Å². The second kappa shape index (κ2) is 5.94. The van der Waals surface area contributed by atoms with E-state index < -0.39 is 18.1 Å². The van der Waals surface area contributed by atoms with Gasteiger partial charge in [0.25, 0.3) is 0 Å². The highest BCUT2D eigenvalue weighted by Crippen LogP contribution is 2.37. The minimum atomic E-state index is -0.849. The first-order valence-corrected chi connectivity index (χ1v) is 6.53. The standard InChI is InChI=1S/C11H9Cl3N2O3/c1-2-18-11(17)8-9(19-4-15-8)7-5(12)3-6(13)16-10(7)14/h3-4,8-9H,2H2,1H3/t8-,9+/m0/s1. The summed E-state index contributed by atoms with van der Waals surface area (Å²) in [6.07, 6.45) is 0.414. The first kappa shape index (κ1) is 14.4. The van der Waals surface area contributed by atoms with Gasteiger partial charge in [-0.25, -0.2) is 14.8 Å². The van der Waals surface area contributed by atoms with E-state index in [1.54, 1.807) is 6.92 Å². The molecule has 1 aromatic rings. The van der Waals surface area contributed by atoms with Gasteiger partial charge < -0.3 is 9.47 Å². The van der Waals surface area contributed by atoms with Crippen LogP contribution in [0.5, 0.6) is 0 Å². The van der Waals surface area contributed by atoms with Gasteiger partial charge in [-0.1, -0.05) is 34.8 Å². The Morgan fingerprint density at radius 1 is 1.47 bits per heavy atom. The van der Waals surface area contributed by atoms with Gasteiger partial charge in [0.1, 0.15) is 10.3 Å². The fraction of sp³-hybridized carbons (Fsp3) is 0.364. The molecule has 0 amide bonds. The van der Waals surface area contributed by atoms with Crippen LogP contribution in [-0.2, 0) is 14.3 Å². The van der Waals surface area contributed by atoms with E-state index in [-0.39, 0.29) is 21.9 Å². The number of aliphatic imine (C=N–C) groups is 1. The summed E-state index contributed by atoms with van der Waals surface area (Å²) in [5.74, 6) is -0.511. The van der Waals surface area contributed by atoms with Crippen LogP contribution >= 0.6 is 34.8 Å². The van der Waals surface area contributed by atoms with Gasteiger partial charge in [-0.3, -0.25) is 0 Å². The molecule has 0 saturated heterocycles.